The minimum absolute atomic E-state index is 0.189. The highest BCUT2D eigenvalue weighted by molar-refractivity contribution is 7.09. The summed E-state index contributed by atoms with van der Waals surface area (Å²) in [5.74, 6) is -0.189. The number of carbonyl (C=O) groups excluding carboxylic acids is 2. The molecule has 0 spiro atoms. The molecule has 1 aromatic heterocycles. The van der Waals surface area contributed by atoms with Crippen LogP contribution in [-0.4, -0.2) is 46.6 Å². The highest BCUT2D eigenvalue weighted by Gasteiger charge is 2.52. The van der Waals surface area contributed by atoms with Crippen LogP contribution in [0.2, 0.25) is 0 Å². The van der Waals surface area contributed by atoms with Crippen molar-refractivity contribution in [3.63, 3.8) is 0 Å². The van der Waals surface area contributed by atoms with E-state index in [1.165, 1.54) is 21.3 Å². The van der Waals surface area contributed by atoms with E-state index in [0.29, 0.717) is 18.8 Å². The Hall–Kier alpha value is -1.93. The van der Waals surface area contributed by atoms with Crippen molar-refractivity contribution in [1.82, 2.24) is 20.3 Å². The highest BCUT2D eigenvalue weighted by atomic mass is 32.1. The molecule has 118 valence electrons. The monoisotopic (exact) mass is 322 g/mol. The van der Waals surface area contributed by atoms with E-state index in [0.717, 1.165) is 11.3 Å². The average molecular weight is 322 g/mol. The molecule has 0 aliphatic carbocycles. The molecule has 7 nitrogen and oxygen atoms in total. The van der Waals surface area contributed by atoms with E-state index in [1.54, 1.807) is 11.6 Å². The normalized spacial score (nSPS) is 22.7. The summed E-state index contributed by atoms with van der Waals surface area (Å²) in [7, 11) is 0. The Balaban J connectivity index is 1.91. The van der Waals surface area contributed by atoms with Gasteiger partial charge in [0.2, 0.25) is 5.91 Å². The van der Waals surface area contributed by atoms with Crippen LogP contribution in [0.25, 0.3) is 0 Å². The van der Waals surface area contributed by atoms with E-state index < -0.39 is 6.04 Å². The van der Waals surface area contributed by atoms with Crippen LogP contribution >= 0.6 is 11.3 Å². The zero-order chi connectivity index (χ0) is 15.7. The fourth-order valence-electron chi connectivity index (χ4n) is 2.76. The van der Waals surface area contributed by atoms with Gasteiger partial charge in [0.05, 0.1) is 29.2 Å². The molecule has 1 N–H and O–H groups in total. The zero-order valence-corrected chi connectivity index (χ0v) is 13.1. The molecule has 3 heterocycles. The maximum Gasteiger partial charge on any atom is 0.345 e. The molecule has 0 aromatic carbocycles. The third kappa shape index (κ3) is 2.28. The summed E-state index contributed by atoms with van der Waals surface area (Å²) in [5, 5.41) is 4.19. The number of rotatable bonds is 6. The van der Waals surface area contributed by atoms with Crippen LogP contribution < -0.4 is 5.32 Å². The first-order valence-corrected chi connectivity index (χ1v) is 8.11. The maximum absolute atomic E-state index is 12.5. The number of thiazole rings is 1. The standard InChI is InChI=1S/C14H18N4O3S/c1-3-5-15-13(19)11-10-12(22-8-16-10)9-7-17(11)14(20)18(9)21-6-4-2/h4,8-9,11H,2-3,5-7H2,1H3,(H,15,19)/t9-,11?/m0/s1. The van der Waals surface area contributed by atoms with Crippen molar-refractivity contribution < 1.29 is 14.4 Å². The number of nitrogens with one attached hydrogen (secondary N) is 1. The lowest BCUT2D eigenvalue weighted by atomic mass is 10.0. The smallest absolute Gasteiger partial charge is 0.345 e. The molecule has 1 fully saturated rings. The predicted molar refractivity (Wildman–Crippen MR) is 81.0 cm³/mol. The summed E-state index contributed by atoms with van der Waals surface area (Å²) in [6.45, 7) is 6.84. The second kappa shape index (κ2) is 6.05. The summed E-state index contributed by atoms with van der Waals surface area (Å²) in [4.78, 5) is 37.2. The number of aromatic nitrogens is 1. The Bertz CT molecular complexity index is 603. The Morgan fingerprint density at radius 1 is 1.68 bits per heavy atom. The van der Waals surface area contributed by atoms with Crippen LogP contribution in [0.5, 0.6) is 0 Å². The van der Waals surface area contributed by atoms with Crippen LogP contribution in [0.1, 0.15) is 36.0 Å². The van der Waals surface area contributed by atoms with Crippen molar-refractivity contribution in [2.24, 2.45) is 0 Å². The molecule has 3 amide bonds. The number of hydroxylamine groups is 2. The molecule has 3 rings (SSSR count). The number of amides is 3. The van der Waals surface area contributed by atoms with Gasteiger partial charge in [-0.05, 0) is 6.42 Å². The van der Waals surface area contributed by atoms with E-state index in [9.17, 15) is 9.59 Å². The minimum atomic E-state index is -0.672. The number of hydrogen-bond donors (Lipinski definition) is 1. The first-order chi connectivity index (χ1) is 10.7. The van der Waals surface area contributed by atoms with Crippen LogP contribution in [0, 0.1) is 0 Å². The number of fused-ring (bicyclic) bond motifs is 4. The Labute approximate surface area is 132 Å². The summed E-state index contributed by atoms with van der Waals surface area (Å²) < 4.78 is 0. The number of carbonyl (C=O) groups is 2. The predicted octanol–water partition coefficient (Wildman–Crippen LogP) is 1.62. The first kappa shape index (κ1) is 15.0. The first-order valence-electron chi connectivity index (χ1n) is 7.23. The lowest BCUT2D eigenvalue weighted by Crippen LogP contribution is -2.43. The van der Waals surface area contributed by atoms with Crippen molar-refractivity contribution in [3.8, 4) is 0 Å². The molecule has 2 aliphatic heterocycles. The Morgan fingerprint density at radius 3 is 3.23 bits per heavy atom. The van der Waals surface area contributed by atoms with E-state index in [4.69, 9.17) is 4.84 Å². The molecule has 2 bridgehead atoms. The van der Waals surface area contributed by atoms with E-state index >= 15 is 0 Å². The zero-order valence-electron chi connectivity index (χ0n) is 12.3. The van der Waals surface area contributed by atoms with Crippen LogP contribution in [0.3, 0.4) is 0 Å². The quantitative estimate of drug-likeness (QED) is 0.808. The van der Waals surface area contributed by atoms with Crippen LogP contribution in [0.15, 0.2) is 18.2 Å². The number of hydrogen-bond acceptors (Lipinski definition) is 5. The van der Waals surface area contributed by atoms with Gasteiger partial charge in [-0.3, -0.25) is 9.63 Å². The molecule has 22 heavy (non-hydrogen) atoms. The van der Waals surface area contributed by atoms with Crippen molar-refractivity contribution in [2.75, 3.05) is 19.7 Å². The molecule has 0 saturated carbocycles. The molecule has 1 unspecified atom stereocenters. The second-order valence-corrected chi connectivity index (χ2v) is 6.04. The Morgan fingerprint density at radius 2 is 2.50 bits per heavy atom. The molecule has 8 heteroatoms. The van der Waals surface area contributed by atoms with Crippen LogP contribution in [-0.2, 0) is 9.63 Å². The van der Waals surface area contributed by atoms with Crippen molar-refractivity contribution in [3.05, 3.63) is 28.7 Å². The molecule has 1 aromatic rings. The van der Waals surface area contributed by atoms with E-state index in [-0.39, 0.29) is 24.6 Å². The highest BCUT2D eigenvalue weighted by Crippen LogP contribution is 2.45. The Kier molecular flexibility index (Phi) is 4.12. The van der Waals surface area contributed by atoms with Gasteiger partial charge in [-0.25, -0.2) is 9.78 Å². The molecular weight excluding hydrogens is 304 g/mol. The summed E-state index contributed by atoms with van der Waals surface area (Å²) in [5.41, 5.74) is 2.37. The SMILES string of the molecule is C=CCON1C(=O)N2C[C@H]1c1scnc1C2C(=O)NCCC. The van der Waals surface area contributed by atoms with E-state index in [1.807, 2.05) is 6.92 Å². The fourth-order valence-corrected chi connectivity index (χ4v) is 3.65. The summed E-state index contributed by atoms with van der Waals surface area (Å²) in [6.07, 6.45) is 2.43. The van der Waals surface area contributed by atoms with Gasteiger partial charge < -0.3 is 10.2 Å². The third-order valence-electron chi connectivity index (χ3n) is 3.71. The molecule has 2 atom stereocenters. The van der Waals surface area contributed by atoms with Gasteiger partial charge in [0.15, 0.2) is 6.04 Å². The van der Waals surface area contributed by atoms with E-state index in [2.05, 4.69) is 16.9 Å². The summed E-state index contributed by atoms with van der Waals surface area (Å²) in [6, 6.07) is -1.17. The van der Waals surface area contributed by atoms with Gasteiger partial charge in [-0.2, -0.15) is 5.06 Å². The number of nitrogens with zero attached hydrogens (tertiary/aromatic N) is 3. The van der Waals surface area contributed by atoms with Crippen molar-refractivity contribution in [1.29, 1.82) is 0 Å². The van der Waals surface area contributed by atoms with Crippen molar-refractivity contribution in [2.45, 2.75) is 25.4 Å². The van der Waals surface area contributed by atoms with Gasteiger partial charge in [0, 0.05) is 6.54 Å². The lowest BCUT2D eigenvalue weighted by Gasteiger charge is -2.28. The third-order valence-corrected chi connectivity index (χ3v) is 4.66. The topological polar surface area (TPSA) is 74.8 Å². The van der Waals surface area contributed by atoms with Gasteiger partial charge in [0.1, 0.15) is 6.04 Å². The van der Waals surface area contributed by atoms with Gasteiger partial charge in [0.25, 0.3) is 0 Å². The van der Waals surface area contributed by atoms with Gasteiger partial charge in [-0.1, -0.05) is 13.0 Å². The maximum atomic E-state index is 12.5. The van der Waals surface area contributed by atoms with Crippen molar-refractivity contribution >= 4 is 23.3 Å². The largest absolute Gasteiger partial charge is 0.354 e. The lowest BCUT2D eigenvalue weighted by molar-refractivity contribution is -0.126. The van der Waals surface area contributed by atoms with Crippen LogP contribution in [0.4, 0.5) is 4.79 Å². The van der Waals surface area contributed by atoms with Gasteiger partial charge >= 0.3 is 6.03 Å². The van der Waals surface area contributed by atoms with Gasteiger partial charge in [-0.15, -0.1) is 17.9 Å². The molecule has 1 saturated heterocycles. The fraction of sp³-hybridized carbons (Fsp3) is 0.500. The molecule has 2 aliphatic rings. The second-order valence-electron chi connectivity index (χ2n) is 5.16. The number of urea groups is 1. The summed E-state index contributed by atoms with van der Waals surface area (Å²) >= 11 is 1.45. The minimum Gasteiger partial charge on any atom is -0.354 e. The molecule has 0 radical (unpaired) electrons. The average Bonchev–Trinajstić information content (AvgIpc) is 3.10. The molecular formula is C14H18N4O3S.